The van der Waals surface area contributed by atoms with Crippen LogP contribution in [0.25, 0.3) is 0 Å². The van der Waals surface area contributed by atoms with E-state index in [0.29, 0.717) is 0 Å². The molecule has 0 aromatic carbocycles. The van der Waals surface area contributed by atoms with E-state index in [2.05, 4.69) is 64.0 Å². The Labute approximate surface area is 124 Å². The standard InChI is InChI=1S/C17H31N3/c1-7-9-10-20(6)16-12-14(11-15(8-2)19-16)13-18-17(3,4)5/h11-12,18H,7-10,13H2,1-6H3. The average molecular weight is 277 g/mol. The maximum Gasteiger partial charge on any atom is 0.128 e. The SMILES string of the molecule is CCCCN(C)c1cc(CNC(C)(C)C)cc(CC)n1. The second kappa shape index (κ2) is 7.63. The lowest BCUT2D eigenvalue weighted by Crippen LogP contribution is -2.35. The Bertz CT molecular complexity index is 407. The van der Waals surface area contributed by atoms with Crippen molar-refractivity contribution in [1.82, 2.24) is 10.3 Å². The zero-order chi connectivity index (χ0) is 15.2. The van der Waals surface area contributed by atoms with E-state index in [4.69, 9.17) is 4.98 Å². The summed E-state index contributed by atoms with van der Waals surface area (Å²) in [5.74, 6) is 1.10. The Balaban J connectivity index is 2.84. The number of aromatic nitrogens is 1. The van der Waals surface area contributed by atoms with Crippen molar-refractivity contribution in [2.75, 3.05) is 18.5 Å². The van der Waals surface area contributed by atoms with Crippen molar-refractivity contribution in [2.24, 2.45) is 0 Å². The lowest BCUT2D eigenvalue weighted by molar-refractivity contribution is 0.424. The van der Waals surface area contributed by atoms with Crippen molar-refractivity contribution in [2.45, 2.75) is 66.0 Å². The number of anilines is 1. The first-order valence-corrected chi connectivity index (χ1v) is 7.81. The van der Waals surface area contributed by atoms with E-state index in [0.717, 1.165) is 25.3 Å². The van der Waals surface area contributed by atoms with Gasteiger partial charge in [-0.2, -0.15) is 0 Å². The van der Waals surface area contributed by atoms with E-state index in [1.54, 1.807) is 0 Å². The molecule has 1 heterocycles. The monoisotopic (exact) mass is 277 g/mol. The largest absolute Gasteiger partial charge is 0.360 e. The minimum Gasteiger partial charge on any atom is -0.360 e. The predicted molar refractivity (Wildman–Crippen MR) is 88.4 cm³/mol. The smallest absolute Gasteiger partial charge is 0.128 e. The van der Waals surface area contributed by atoms with Crippen molar-refractivity contribution in [3.05, 3.63) is 23.4 Å². The van der Waals surface area contributed by atoms with Gasteiger partial charge >= 0.3 is 0 Å². The van der Waals surface area contributed by atoms with Crippen LogP contribution in [0.15, 0.2) is 12.1 Å². The molecule has 3 heteroatoms. The second-order valence-corrected chi connectivity index (χ2v) is 6.56. The van der Waals surface area contributed by atoms with Crippen LogP contribution in [0.5, 0.6) is 0 Å². The molecular weight excluding hydrogens is 246 g/mol. The summed E-state index contributed by atoms with van der Waals surface area (Å²) in [6.07, 6.45) is 3.42. The number of pyridine rings is 1. The number of rotatable bonds is 7. The van der Waals surface area contributed by atoms with Gasteiger partial charge in [0.1, 0.15) is 5.82 Å². The van der Waals surface area contributed by atoms with Crippen LogP contribution in [-0.2, 0) is 13.0 Å². The van der Waals surface area contributed by atoms with Crippen molar-refractivity contribution in [3.8, 4) is 0 Å². The second-order valence-electron chi connectivity index (χ2n) is 6.56. The molecule has 0 atom stereocenters. The van der Waals surface area contributed by atoms with Gasteiger partial charge < -0.3 is 10.2 Å². The maximum absolute atomic E-state index is 4.75. The summed E-state index contributed by atoms with van der Waals surface area (Å²) in [7, 11) is 2.14. The highest BCUT2D eigenvalue weighted by Gasteiger charge is 2.11. The number of aryl methyl sites for hydroxylation is 1. The highest BCUT2D eigenvalue weighted by atomic mass is 15.2. The van der Waals surface area contributed by atoms with Crippen molar-refractivity contribution in [3.63, 3.8) is 0 Å². The molecule has 0 aliphatic carbocycles. The van der Waals surface area contributed by atoms with Gasteiger partial charge in [0.2, 0.25) is 0 Å². The average Bonchev–Trinajstić information content (AvgIpc) is 2.41. The summed E-state index contributed by atoms with van der Waals surface area (Å²) in [6, 6.07) is 4.43. The molecule has 0 aliphatic heterocycles. The molecule has 1 N–H and O–H groups in total. The fraction of sp³-hybridized carbons (Fsp3) is 0.706. The number of nitrogens with one attached hydrogen (secondary N) is 1. The molecular formula is C17H31N3. The quantitative estimate of drug-likeness (QED) is 0.822. The molecule has 0 spiro atoms. The molecule has 0 saturated carbocycles. The van der Waals surface area contributed by atoms with Crippen molar-refractivity contribution in [1.29, 1.82) is 0 Å². The summed E-state index contributed by atoms with van der Waals surface area (Å²) in [5, 5.41) is 3.55. The minimum atomic E-state index is 0.143. The Morgan fingerprint density at radius 1 is 1.20 bits per heavy atom. The Kier molecular flexibility index (Phi) is 6.47. The molecule has 0 saturated heterocycles. The van der Waals surface area contributed by atoms with Crippen LogP contribution >= 0.6 is 0 Å². The van der Waals surface area contributed by atoms with Gasteiger partial charge in [0, 0.05) is 31.4 Å². The molecule has 3 nitrogen and oxygen atoms in total. The molecule has 1 aromatic heterocycles. The molecule has 0 unspecified atom stereocenters. The molecule has 1 aromatic rings. The molecule has 114 valence electrons. The first-order chi connectivity index (χ1) is 9.35. The van der Waals surface area contributed by atoms with Gasteiger partial charge in [0.15, 0.2) is 0 Å². The Hall–Kier alpha value is -1.09. The molecule has 0 fully saturated rings. The number of unbranched alkanes of at least 4 members (excludes halogenated alkanes) is 1. The molecule has 0 radical (unpaired) electrons. The van der Waals surface area contributed by atoms with Crippen LogP contribution < -0.4 is 10.2 Å². The first kappa shape index (κ1) is 17.0. The highest BCUT2D eigenvalue weighted by molar-refractivity contribution is 5.42. The molecule has 1 rings (SSSR count). The van der Waals surface area contributed by atoms with Gasteiger partial charge in [-0.25, -0.2) is 4.98 Å². The van der Waals surface area contributed by atoms with Crippen LogP contribution in [0, 0.1) is 0 Å². The number of nitrogens with zero attached hydrogens (tertiary/aromatic N) is 2. The van der Waals surface area contributed by atoms with Crippen LogP contribution in [-0.4, -0.2) is 24.1 Å². The van der Waals surface area contributed by atoms with E-state index >= 15 is 0 Å². The molecule has 0 amide bonds. The van der Waals surface area contributed by atoms with E-state index in [-0.39, 0.29) is 5.54 Å². The van der Waals surface area contributed by atoms with E-state index in [1.165, 1.54) is 24.1 Å². The zero-order valence-electron chi connectivity index (χ0n) is 14.1. The maximum atomic E-state index is 4.75. The minimum absolute atomic E-state index is 0.143. The van der Waals surface area contributed by atoms with Crippen LogP contribution in [0.3, 0.4) is 0 Å². The summed E-state index contributed by atoms with van der Waals surface area (Å²) < 4.78 is 0. The molecule has 20 heavy (non-hydrogen) atoms. The lowest BCUT2D eigenvalue weighted by Gasteiger charge is -2.23. The summed E-state index contributed by atoms with van der Waals surface area (Å²) >= 11 is 0. The first-order valence-electron chi connectivity index (χ1n) is 7.81. The van der Waals surface area contributed by atoms with Crippen molar-refractivity contribution < 1.29 is 0 Å². The van der Waals surface area contributed by atoms with Gasteiger partial charge in [0.05, 0.1) is 0 Å². The van der Waals surface area contributed by atoms with E-state index < -0.39 is 0 Å². The Morgan fingerprint density at radius 3 is 2.45 bits per heavy atom. The van der Waals surface area contributed by atoms with Gasteiger partial charge in [0.25, 0.3) is 0 Å². The topological polar surface area (TPSA) is 28.2 Å². The van der Waals surface area contributed by atoms with Gasteiger partial charge in [-0.15, -0.1) is 0 Å². The molecule has 0 aliphatic rings. The Morgan fingerprint density at radius 2 is 1.90 bits per heavy atom. The summed E-state index contributed by atoms with van der Waals surface area (Å²) in [4.78, 5) is 7.01. The molecule has 0 bridgehead atoms. The number of hydrogen-bond acceptors (Lipinski definition) is 3. The third-order valence-electron chi connectivity index (χ3n) is 3.35. The summed E-state index contributed by atoms with van der Waals surface area (Å²) in [5.41, 5.74) is 2.64. The van der Waals surface area contributed by atoms with E-state index in [9.17, 15) is 0 Å². The van der Waals surface area contributed by atoms with Gasteiger partial charge in [-0.3, -0.25) is 0 Å². The van der Waals surface area contributed by atoms with E-state index in [1.807, 2.05) is 0 Å². The highest BCUT2D eigenvalue weighted by Crippen LogP contribution is 2.16. The third kappa shape index (κ3) is 5.91. The zero-order valence-corrected chi connectivity index (χ0v) is 14.1. The van der Waals surface area contributed by atoms with Gasteiger partial charge in [-0.05, 0) is 51.3 Å². The van der Waals surface area contributed by atoms with Crippen LogP contribution in [0.2, 0.25) is 0 Å². The van der Waals surface area contributed by atoms with Crippen molar-refractivity contribution >= 4 is 5.82 Å². The van der Waals surface area contributed by atoms with Crippen LogP contribution in [0.4, 0.5) is 5.82 Å². The normalized spacial score (nSPS) is 11.7. The third-order valence-corrected chi connectivity index (χ3v) is 3.35. The summed E-state index contributed by atoms with van der Waals surface area (Å²) in [6.45, 7) is 13.0. The van der Waals surface area contributed by atoms with Crippen LogP contribution in [0.1, 0.15) is 58.7 Å². The van der Waals surface area contributed by atoms with Gasteiger partial charge in [-0.1, -0.05) is 20.3 Å². The lowest BCUT2D eigenvalue weighted by atomic mass is 10.1. The predicted octanol–water partition coefficient (Wildman–Crippen LogP) is 3.77. The number of hydrogen-bond donors (Lipinski definition) is 1. The fourth-order valence-electron chi connectivity index (χ4n) is 1.99. The fourth-order valence-corrected chi connectivity index (χ4v) is 1.99.